The van der Waals surface area contributed by atoms with Crippen LogP contribution in [0.4, 0.5) is 0 Å². The molecule has 0 aromatic rings. The minimum atomic E-state index is 0.704. The lowest BCUT2D eigenvalue weighted by molar-refractivity contribution is 0.944. The molecule has 8 heavy (non-hydrogen) atoms. The Bertz CT molecular complexity index is 94.7. The van der Waals surface area contributed by atoms with Crippen molar-refractivity contribution in [1.29, 1.82) is 0 Å². The van der Waals surface area contributed by atoms with Gasteiger partial charge in [0.05, 0.1) is 0 Å². The van der Waals surface area contributed by atoms with Crippen LogP contribution in [-0.4, -0.2) is 12.8 Å². The van der Waals surface area contributed by atoms with E-state index < -0.39 is 0 Å². The zero-order valence-electron chi connectivity index (χ0n) is 5.22. The van der Waals surface area contributed by atoms with Gasteiger partial charge in [0.2, 0.25) is 0 Å². The Balaban J connectivity index is 3.05. The van der Waals surface area contributed by atoms with E-state index in [9.17, 15) is 0 Å². The topological polar surface area (TPSA) is 38.4 Å². The highest BCUT2D eigenvalue weighted by molar-refractivity contribution is 5.53. The molecule has 0 unspecified atom stereocenters. The summed E-state index contributed by atoms with van der Waals surface area (Å²) >= 11 is 0. The van der Waals surface area contributed by atoms with Crippen molar-refractivity contribution in [3.63, 3.8) is 0 Å². The van der Waals surface area contributed by atoms with Gasteiger partial charge in [0.15, 0.2) is 0 Å². The summed E-state index contributed by atoms with van der Waals surface area (Å²) < 4.78 is 0. The minimum Gasteiger partial charge on any atom is -0.402 e. The van der Waals surface area contributed by atoms with E-state index >= 15 is 0 Å². The molecule has 0 radical (unpaired) electrons. The summed E-state index contributed by atoms with van der Waals surface area (Å²) in [6.07, 6.45) is 2.56. The third-order valence-electron chi connectivity index (χ3n) is 0.745. The average molecular weight is 112 g/mol. The maximum absolute atomic E-state index is 5.26. The Morgan fingerprint density at radius 1 is 1.88 bits per heavy atom. The van der Waals surface area contributed by atoms with E-state index in [2.05, 4.69) is 11.6 Å². The van der Waals surface area contributed by atoms with Crippen LogP contribution < -0.4 is 5.73 Å². The second kappa shape index (κ2) is 4.37. The van der Waals surface area contributed by atoms with Gasteiger partial charge >= 0.3 is 0 Å². The fourth-order valence-corrected chi connectivity index (χ4v) is 0.337. The first kappa shape index (κ1) is 7.21. The summed E-state index contributed by atoms with van der Waals surface area (Å²) in [7, 11) is 0. The maximum Gasteiger partial charge on any atom is 0.0439 e. The van der Waals surface area contributed by atoms with Crippen molar-refractivity contribution >= 4 is 6.21 Å². The second-order valence-corrected chi connectivity index (χ2v) is 1.57. The fourth-order valence-electron chi connectivity index (χ4n) is 0.337. The Labute approximate surface area is 50.1 Å². The quantitative estimate of drug-likeness (QED) is 0.542. The lowest BCUT2D eigenvalue weighted by Crippen LogP contribution is -1.95. The molecule has 2 nitrogen and oxygen atoms in total. The van der Waals surface area contributed by atoms with E-state index in [0.717, 1.165) is 13.0 Å². The van der Waals surface area contributed by atoms with Crippen LogP contribution in [0.2, 0.25) is 0 Å². The summed E-state index contributed by atoms with van der Waals surface area (Å²) in [6.45, 7) is 6.19. The van der Waals surface area contributed by atoms with Gasteiger partial charge in [-0.3, -0.25) is 4.99 Å². The monoisotopic (exact) mass is 112 g/mol. The standard InChI is InChI=1S/C6H12N2/c1-3-8-5-4-6(2)7/h3H,2,4-5,7H2,1H3/b8-3-. The van der Waals surface area contributed by atoms with Gasteiger partial charge in [0.25, 0.3) is 0 Å². The van der Waals surface area contributed by atoms with Gasteiger partial charge < -0.3 is 5.73 Å². The van der Waals surface area contributed by atoms with Gasteiger partial charge in [-0.15, -0.1) is 0 Å². The molecule has 0 aliphatic carbocycles. The van der Waals surface area contributed by atoms with Crippen molar-refractivity contribution in [1.82, 2.24) is 0 Å². The minimum absolute atomic E-state index is 0.704. The third kappa shape index (κ3) is 5.21. The van der Waals surface area contributed by atoms with Crippen molar-refractivity contribution in [2.24, 2.45) is 10.7 Å². The van der Waals surface area contributed by atoms with Crippen LogP contribution in [0.15, 0.2) is 17.3 Å². The summed E-state index contributed by atoms with van der Waals surface area (Å²) in [4.78, 5) is 3.95. The maximum atomic E-state index is 5.26. The van der Waals surface area contributed by atoms with Crippen LogP contribution in [0.1, 0.15) is 13.3 Å². The van der Waals surface area contributed by atoms with E-state index in [1.54, 1.807) is 6.21 Å². The lowest BCUT2D eigenvalue weighted by Gasteiger charge is -1.90. The highest BCUT2D eigenvalue weighted by atomic mass is 14.7. The predicted octanol–water partition coefficient (Wildman–Crippen LogP) is 0.940. The SMILES string of the molecule is C=C(N)CC/N=C\C. The summed E-state index contributed by atoms with van der Waals surface area (Å²) in [5.41, 5.74) is 5.97. The van der Waals surface area contributed by atoms with Gasteiger partial charge in [-0.2, -0.15) is 0 Å². The molecule has 0 aromatic heterocycles. The molecule has 0 spiro atoms. The molecule has 0 aromatic carbocycles. The molecule has 0 aliphatic rings. The number of hydrogen-bond acceptors (Lipinski definition) is 2. The highest BCUT2D eigenvalue weighted by Crippen LogP contribution is 1.86. The molecule has 0 atom stereocenters. The molecule has 46 valence electrons. The first-order valence-electron chi connectivity index (χ1n) is 2.65. The van der Waals surface area contributed by atoms with E-state index in [-0.39, 0.29) is 0 Å². The number of nitrogens with zero attached hydrogens (tertiary/aromatic N) is 1. The van der Waals surface area contributed by atoms with Crippen molar-refractivity contribution < 1.29 is 0 Å². The van der Waals surface area contributed by atoms with Gasteiger partial charge in [-0.25, -0.2) is 0 Å². The molecular weight excluding hydrogens is 100 g/mol. The molecule has 0 bridgehead atoms. The third-order valence-corrected chi connectivity index (χ3v) is 0.745. The smallest absolute Gasteiger partial charge is 0.0439 e. The number of aliphatic imine (C=N–C) groups is 1. The van der Waals surface area contributed by atoms with Crippen LogP contribution in [0.25, 0.3) is 0 Å². The van der Waals surface area contributed by atoms with E-state index in [4.69, 9.17) is 5.73 Å². The second-order valence-electron chi connectivity index (χ2n) is 1.57. The first-order chi connectivity index (χ1) is 3.77. The number of rotatable bonds is 3. The van der Waals surface area contributed by atoms with Crippen LogP contribution in [0.5, 0.6) is 0 Å². The van der Waals surface area contributed by atoms with E-state index in [1.165, 1.54) is 0 Å². The molecule has 0 saturated carbocycles. The Morgan fingerprint density at radius 3 is 2.88 bits per heavy atom. The molecule has 0 fully saturated rings. The van der Waals surface area contributed by atoms with E-state index in [1.807, 2.05) is 6.92 Å². The van der Waals surface area contributed by atoms with Crippen LogP contribution in [0.3, 0.4) is 0 Å². The van der Waals surface area contributed by atoms with Crippen molar-refractivity contribution in [3.8, 4) is 0 Å². The molecule has 0 aliphatic heterocycles. The molecule has 0 heterocycles. The number of nitrogens with two attached hydrogens (primary N) is 1. The van der Waals surface area contributed by atoms with Crippen molar-refractivity contribution in [3.05, 3.63) is 12.3 Å². The van der Waals surface area contributed by atoms with Gasteiger partial charge in [0.1, 0.15) is 0 Å². The normalized spacial score (nSPS) is 10.1. The summed E-state index contributed by atoms with van der Waals surface area (Å²) in [6, 6.07) is 0. The van der Waals surface area contributed by atoms with Crippen LogP contribution in [-0.2, 0) is 0 Å². The molecule has 0 saturated heterocycles. The van der Waals surface area contributed by atoms with Crippen LogP contribution >= 0.6 is 0 Å². The summed E-state index contributed by atoms with van der Waals surface area (Å²) in [5, 5.41) is 0. The molecule has 2 heteroatoms. The van der Waals surface area contributed by atoms with Crippen LogP contribution in [0, 0.1) is 0 Å². The van der Waals surface area contributed by atoms with Gasteiger partial charge in [0, 0.05) is 18.7 Å². The molecule has 0 rings (SSSR count). The first-order valence-corrected chi connectivity index (χ1v) is 2.65. The molecule has 2 N–H and O–H groups in total. The molecular formula is C6H12N2. The zero-order chi connectivity index (χ0) is 6.41. The van der Waals surface area contributed by atoms with Gasteiger partial charge in [-0.1, -0.05) is 6.58 Å². The largest absolute Gasteiger partial charge is 0.402 e. The number of hydrogen-bond donors (Lipinski definition) is 1. The van der Waals surface area contributed by atoms with Crippen molar-refractivity contribution in [2.45, 2.75) is 13.3 Å². The Kier molecular flexibility index (Phi) is 3.94. The Hall–Kier alpha value is -0.790. The summed E-state index contributed by atoms with van der Waals surface area (Å²) in [5.74, 6) is 0. The van der Waals surface area contributed by atoms with Crippen molar-refractivity contribution in [2.75, 3.05) is 6.54 Å². The molecule has 0 amide bonds. The lowest BCUT2D eigenvalue weighted by atomic mass is 10.4. The predicted molar refractivity (Wildman–Crippen MR) is 37.0 cm³/mol. The Morgan fingerprint density at radius 2 is 2.50 bits per heavy atom. The van der Waals surface area contributed by atoms with Gasteiger partial charge in [-0.05, 0) is 13.1 Å². The average Bonchev–Trinajstić information content (AvgIpc) is 1.66. The van der Waals surface area contributed by atoms with E-state index in [0.29, 0.717) is 5.70 Å². The zero-order valence-corrected chi connectivity index (χ0v) is 5.22. The highest BCUT2D eigenvalue weighted by Gasteiger charge is 1.80. The fraction of sp³-hybridized carbons (Fsp3) is 0.500.